The van der Waals surface area contributed by atoms with Crippen LogP contribution in [0.5, 0.6) is 0 Å². The summed E-state index contributed by atoms with van der Waals surface area (Å²) in [6.07, 6.45) is 0. The zero-order valence-electron chi connectivity index (χ0n) is 6.16. The van der Waals surface area contributed by atoms with Crippen molar-refractivity contribution in [2.45, 2.75) is 13.5 Å². The molecular weight excluding hydrogens is 130 g/mol. The minimum Gasteiger partial charge on any atom is -0.361 e. The van der Waals surface area contributed by atoms with Crippen molar-refractivity contribution in [2.24, 2.45) is 5.84 Å². The molecule has 1 rings (SSSR count). The van der Waals surface area contributed by atoms with E-state index in [0.29, 0.717) is 6.54 Å². The zero-order valence-corrected chi connectivity index (χ0v) is 6.16. The number of aryl methyl sites for hydroxylation is 1. The second-order valence-corrected chi connectivity index (χ2v) is 2.34. The van der Waals surface area contributed by atoms with E-state index in [1.165, 1.54) is 0 Å². The summed E-state index contributed by atoms with van der Waals surface area (Å²) >= 11 is 0. The van der Waals surface area contributed by atoms with Crippen LogP contribution in [0.4, 0.5) is 0 Å². The summed E-state index contributed by atoms with van der Waals surface area (Å²) in [5.74, 6) is 6.20. The van der Waals surface area contributed by atoms with Crippen LogP contribution in [-0.2, 0) is 6.54 Å². The van der Waals surface area contributed by atoms with E-state index in [-0.39, 0.29) is 0 Å². The summed E-state index contributed by atoms with van der Waals surface area (Å²) in [4.78, 5) is 0. The van der Waals surface area contributed by atoms with Gasteiger partial charge in [0.1, 0.15) is 5.76 Å². The molecule has 0 aliphatic heterocycles. The van der Waals surface area contributed by atoms with Crippen LogP contribution in [0, 0.1) is 6.92 Å². The van der Waals surface area contributed by atoms with E-state index in [0.717, 1.165) is 11.5 Å². The maximum absolute atomic E-state index is 5.39. The van der Waals surface area contributed by atoms with Crippen LogP contribution in [0.1, 0.15) is 11.5 Å². The molecule has 0 fully saturated rings. The lowest BCUT2D eigenvalue weighted by Gasteiger charge is -2.03. The molecule has 0 unspecified atom stereocenters. The van der Waals surface area contributed by atoms with Gasteiger partial charge < -0.3 is 4.52 Å². The molecule has 0 atom stereocenters. The molecule has 4 heteroatoms. The number of hydrazine groups is 1. The summed E-state index contributed by atoms with van der Waals surface area (Å²) < 4.78 is 4.83. The summed E-state index contributed by atoms with van der Waals surface area (Å²) in [7, 11) is 1.78. The van der Waals surface area contributed by atoms with Crippen LogP contribution in [0.25, 0.3) is 0 Å². The molecule has 1 heterocycles. The normalized spacial score (nSPS) is 10.8. The van der Waals surface area contributed by atoms with Crippen molar-refractivity contribution < 1.29 is 4.52 Å². The lowest BCUT2D eigenvalue weighted by molar-refractivity contribution is 0.319. The van der Waals surface area contributed by atoms with Crippen LogP contribution in [0.2, 0.25) is 0 Å². The molecule has 1 aromatic heterocycles. The first-order chi connectivity index (χ1) is 4.68. The number of aromatic nitrogens is 1. The Labute approximate surface area is 59.6 Å². The van der Waals surface area contributed by atoms with Gasteiger partial charge in [0.15, 0.2) is 0 Å². The van der Waals surface area contributed by atoms with Crippen LogP contribution in [-0.4, -0.2) is 17.2 Å². The van der Waals surface area contributed by atoms with Crippen LogP contribution in [0.3, 0.4) is 0 Å². The highest BCUT2D eigenvalue weighted by atomic mass is 16.5. The monoisotopic (exact) mass is 141 g/mol. The number of nitrogens with zero attached hydrogens (tertiary/aromatic N) is 2. The van der Waals surface area contributed by atoms with Gasteiger partial charge in [-0.1, -0.05) is 5.16 Å². The molecule has 0 spiro atoms. The third-order valence-corrected chi connectivity index (χ3v) is 1.09. The molecule has 0 amide bonds. The van der Waals surface area contributed by atoms with Gasteiger partial charge in [-0.25, -0.2) is 5.01 Å². The maximum Gasteiger partial charge on any atom is 0.133 e. The van der Waals surface area contributed by atoms with E-state index in [4.69, 9.17) is 10.4 Å². The molecule has 56 valence electrons. The van der Waals surface area contributed by atoms with Crippen molar-refractivity contribution in [1.29, 1.82) is 0 Å². The van der Waals surface area contributed by atoms with Gasteiger partial charge in [-0.15, -0.1) is 0 Å². The van der Waals surface area contributed by atoms with E-state index in [1.54, 1.807) is 12.1 Å². The number of hydrogen-bond donors (Lipinski definition) is 1. The fourth-order valence-electron chi connectivity index (χ4n) is 0.748. The van der Waals surface area contributed by atoms with Gasteiger partial charge in [-0.05, 0) is 6.92 Å². The first kappa shape index (κ1) is 7.24. The summed E-state index contributed by atoms with van der Waals surface area (Å²) in [6, 6.07) is 1.86. The third-order valence-electron chi connectivity index (χ3n) is 1.09. The summed E-state index contributed by atoms with van der Waals surface area (Å²) in [6.45, 7) is 2.48. The van der Waals surface area contributed by atoms with Gasteiger partial charge in [0.25, 0.3) is 0 Å². The lowest BCUT2D eigenvalue weighted by atomic mass is 10.4. The van der Waals surface area contributed by atoms with Crippen molar-refractivity contribution in [2.75, 3.05) is 7.05 Å². The highest BCUT2D eigenvalue weighted by Crippen LogP contribution is 2.01. The first-order valence-corrected chi connectivity index (χ1v) is 3.06. The van der Waals surface area contributed by atoms with Crippen molar-refractivity contribution in [3.05, 3.63) is 17.5 Å². The largest absolute Gasteiger partial charge is 0.361 e. The Morgan fingerprint density at radius 2 is 2.50 bits per heavy atom. The molecule has 0 saturated carbocycles. The predicted molar refractivity (Wildman–Crippen MR) is 36.9 cm³/mol. The fraction of sp³-hybridized carbons (Fsp3) is 0.500. The molecule has 1 aromatic rings. The Hall–Kier alpha value is -0.870. The van der Waals surface area contributed by atoms with Crippen LogP contribution >= 0.6 is 0 Å². The van der Waals surface area contributed by atoms with E-state index < -0.39 is 0 Å². The lowest BCUT2D eigenvalue weighted by Crippen LogP contribution is -2.25. The van der Waals surface area contributed by atoms with E-state index in [9.17, 15) is 0 Å². The first-order valence-electron chi connectivity index (χ1n) is 3.06. The molecule has 0 saturated heterocycles. The second kappa shape index (κ2) is 2.81. The number of hydrogen-bond acceptors (Lipinski definition) is 4. The molecule has 0 radical (unpaired) electrons. The Balaban J connectivity index is 2.58. The molecule has 0 bridgehead atoms. The van der Waals surface area contributed by atoms with E-state index >= 15 is 0 Å². The van der Waals surface area contributed by atoms with Gasteiger partial charge >= 0.3 is 0 Å². The quantitative estimate of drug-likeness (QED) is 0.475. The Morgan fingerprint density at radius 1 is 1.80 bits per heavy atom. The standard InChI is InChI=1S/C6H11N3O/c1-5-3-6(8-10-5)4-9(2)7/h3H,4,7H2,1-2H3. The predicted octanol–water partition coefficient (Wildman–Crippen LogP) is 0.289. The summed E-state index contributed by atoms with van der Waals surface area (Å²) in [5, 5.41) is 5.31. The van der Waals surface area contributed by atoms with Crippen molar-refractivity contribution in [1.82, 2.24) is 10.2 Å². The van der Waals surface area contributed by atoms with Gasteiger partial charge in [-0.3, -0.25) is 5.84 Å². The fourth-order valence-corrected chi connectivity index (χ4v) is 0.748. The number of rotatable bonds is 2. The minimum absolute atomic E-state index is 0.622. The van der Waals surface area contributed by atoms with Crippen molar-refractivity contribution in [3.8, 4) is 0 Å². The Bertz CT molecular complexity index is 207. The van der Waals surface area contributed by atoms with Gasteiger partial charge in [0, 0.05) is 13.1 Å². The molecule has 2 N–H and O–H groups in total. The van der Waals surface area contributed by atoms with Crippen LogP contribution < -0.4 is 5.84 Å². The maximum atomic E-state index is 5.39. The molecule has 0 aliphatic carbocycles. The minimum atomic E-state index is 0.622. The molecular formula is C6H11N3O. The summed E-state index contributed by atoms with van der Waals surface area (Å²) in [5.41, 5.74) is 0.863. The SMILES string of the molecule is Cc1cc(CN(C)N)no1. The zero-order chi connectivity index (χ0) is 7.56. The molecule has 0 aliphatic rings. The van der Waals surface area contributed by atoms with E-state index in [1.807, 2.05) is 13.0 Å². The highest BCUT2D eigenvalue weighted by molar-refractivity contribution is 5.02. The smallest absolute Gasteiger partial charge is 0.133 e. The van der Waals surface area contributed by atoms with Crippen LogP contribution in [0.15, 0.2) is 10.6 Å². The third kappa shape index (κ3) is 1.82. The molecule has 0 aromatic carbocycles. The average molecular weight is 141 g/mol. The Morgan fingerprint density at radius 3 is 2.90 bits per heavy atom. The topological polar surface area (TPSA) is 55.3 Å². The highest BCUT2D eigenvalue weighted by Gasteiger charge is 1.99. The molecule has 10 heavy (non-hydrogen) atoms. The van der Waals surface area contributed by atoms with E-state index in [2.05, 4.69) is 5.16 Å². The van der Waals surface area contributed by atoms with Crippen molar-refractivity contribution >= 4 is 0 Å². The van der Waals surface area contributed by atoms with Gasteiger partial charge in [-0.2, -0.15) is 0 Å². The van der Waals surface area contributed by atoms with Crippen molar-refractivity contribution in [3.63, 3.8) is 0 Å². The number of nitrogens with two attached hydrogens (primary N) is 1. The molecule has 4 nitrogen and oxygen atoms in total. The second-order valence-electron chi connectivity index (χ2n) is 2.34. The average Bonchev–Trinajstić information content (AvgIpc) is 2.13. The van der Waals surface area contributed by atoms with Gasteiger partial charge in [0.2, 0.25) is 0 Å². The Kier molecular flexibility index (Phi) is 2.03. The van der Waals surface area contributed by atoms with Gasteiger partial charge in [0.05, 0.1) is 12.2 Å².